The quantitative estimate of drug-likeness (QED) is 0.687. The highest BCUT2D eigenvalue weighted by Crippen LogP contribution is 2.11. The molecule has 0 aliphatic rings. The van der Waals surface area contributed by atoms with Gasteiger partial charge in [-0.05, 0) is 19.2 Å². The minimum atomic E-state index is 0.0243. The van der Waals surface area contributed by atoms with Crippen molar-refractivity contribution in [1.29, 1.82) is 0 Å². The molecule has 0 spiro atoms. The lowest BCUT2D eigenvalue weighted by Crippen LogP contribution is -2.30. The Bertz CT molecular complexity index is 221. The Balaban J connectivity index is 2.71. The molecule has 2 heteroatoms. The molecule has 2 N–H and O–H groups in total. The molecule has 0 bridgehead atoms. The van der Waals surface area contributed by atoms with Gasteiger partial charge in [-0.25, -0.2) is 0 Å². The van der Waals surface area contributed by atoms with E-state index in [4.69, 9.17) is 5.73 Å². The summed E-state index contributed by atoms with van der Waals surface area (Å²) >= 11 is 0. The van der Waals surface area contributed by atoms with Gasteiger partial charge in [0.25, 0.3) is 0 Å². The van der Waals surface area contributed by atoms with Gasteiger partial charge in [-0.2, -0.15) is 0 Å². The molecule has 66 valence electrons. The summed E-state index contributed by atoms with van der Waals surface area (Å²) in [7, 11) is 2.03. The van der Waals surface area contributed by atoms with Crippen LogP contribution >= 0.6 is 0 Å². The Morgan fingerprint density at radius 3 is 2.42 bits per heavy atom. The summed E-state index contributed by atoms with van der Waals surface area (Å²) in [6.45, 7) is 3.07. The van der Waals surface area contributed by atoms with Gasteiger partial charge in [0.15, 0.2) is 0 Å². The number of nitrogens with zero attached hydrogens (tertiary/aromatic N) is 1. The zero-order chi connectivity index (χ0) is 8.97. The van der Waals surface area contributed by atoms with Crippen LogP contribution in [0.15, 0.2) is 30.3 Å². The van der Waals surface area contributed by atoms with Crippen LogP contribution in [-0.4, -0.2) is 18.5 Å². The summed E-state index contributed by atoms with van der Waals surface area (Å²) in [6.07, 6.45) is 0.0243. The maximum Gasteiger partial charge on any atom is 0.0832 e. The molecular formula is C10H16N2. The van der Waals surface area contributed by atoms with Crippen molar-refractivity contribution in [2.24, 2.45) is 5.73 Å². The number of hydrogen-bond acceptors (Lipinski definition) is 2. The third-order valence-corrected chi connectivity index (χ3v) is 2.11. The maximum absolute atomic E-state index is 5.97. The normalized spacial score (nSPS) is 13.3. The Morgan fingerprint density at radius 2 is 1.92 bits per heavy atom. The molecule has 0 aliphatic carbocycles. The highest BCUT2D eigenvalue weighted by molar-refractivity contribution is 5.17. The second kappa shape index (κ2) is 4.24. The molecule has 2 nitrogen and oxygen atoms in total. The van der Waals surface area contributed by atoms with Crippen molar-refractivity contribution in [3.05, 3.63) is 35.9 Å². The van der Waals surface area contributed by atoms with Crippen LogP contribution in [0.1, 0.15) is 18.7 Å². The summed E-state index contributed by atoms with van der Waals surface area (Å²) < 4.78 is 0. The van der Waals surface area contributed by atoms with Gasteiger partial charge < -0.3 is 5.73 Å². The minimum Gasteiger partial charge on any atom is -0.312 e. The second-order valence-corrected chi connectivity index (χ2v) is 2.93. The first kappa shape index (κ1) is 9.23. The van der Waals surface area contributed by atoms with E-state index in [-0.39, 0.29) is 6.17 Å². The van der Waals surface area contributed by atoms with Crippen LogP contribution in [0.2, 0.25) is 0 Å². The number of nitrogens with two attached hydrogens (primary N) is 1. The zero-order valence-corrected chi connectivity index (χ0v) is 7.70. The molecule has 0 heterocycles. The highest BCUT2D eigenvalue weighted by atomic mass is 15.2. The van der Waals surface area contributed by atoms with Gasteiger partial charge in [0.2, 0.25) is 0 Å². The van der Waals surface area contributed by atoms with Crippen LogP contribution in [-0.2, 0) is 0 Å². The summed E-state index contributed by atoms with van der Waals surface area (Å²) in [5.41, 5.74) is 7.14. The molecule has 1 atom stereocenters. The van der Waals surface area contributed by atoms with Crippen molar-refractivity contribution < 1.29 is 0 Å². The first-order chi connectivity index (χ1) is 5.75. The number of hydrogen-bond donors (Lipinski definition) is 1. The first-order valence-corrected chi connectivity index (χ1v) is 4.26. The second-order valence-electron chi connectivity index (χ2n) is 2.93. The lowest BCUT2D eigenvalue weighted by atomic mass is 10.1. The molecule has 0 saturated heterocycles. The van der Waals surface area contributed by atoms with Crippen LogP contribution < -0.4 is 5.73 Å². The summed E-state index contributed by atoms with van der Waals surface area (Å²) in [6, 6.07) is 10.1. The molecule has 0 aromatic heterocycles. The molecule has 1 unspecified atom stereocenters. The predicted molar refractivity (Wildman–Crippen MR) is 51.7 cm³/mol. The summed E-state index contributed by atoms with van der Waals surface area (Å²) in [5, 5.41) is 0. The lowest BCUT2D eigenvalue weighted by Gasteiger charge is -2.22. The SMILES string of the molecule is CCN(C)C(N)c1ccccc1. The third-order valence-electron chi connectivity index (χ3n) is 2.11. The standard InChI is InChI=1S/C10H16N2/c1-3-12(2)10(11)9-7-5-4-6-8-9/h4-8,10H,3,11H2,1-2H3. The van der Waals surface area contributed by atoms with Crippen molar-refractivity contribution >= 4 is 0 Å². The molecular weight excluding hydrogens is 148 g/mol. The summed E-state index contributed by atoms with van der Waals surface area (Å²) in [5.74, 6) is 0. The highest BCUT2D eigenvalue weighted by Gasteiger charge is 2.08. The van der Waals surface area contributed by atoms with Crippen molar-refractivity contribution in [3.63, 3.8) is 0 Å². The fourth-order valence-corrected chi connectivity index (χ4v) is 1.10. The molecule has 0 radical (unpaired) electrons. The molecule has 0 fully saturated rings. The van der Waals surface area contributed by atoms with Crippen molar-refractivity contribution in [3.8, 4) is 0 Å². The van der Waals surface area contributed by atoms with Gasteiger partial charge in [0.05, 0.1) is 6.17 Å². The Kier molecular flexibility index (Phi) is 3.26. The van der Waals surface area contributed by atoms with Gasteiger partial charge in [-0.3, -0.25) is 4.90 Å². The average Bonchev–Trinajstić information content (AvgIpc) is 2.17. The van der Waals surface area contributed by atoms with Crippen molar-refractivity contribution in [2.75, 3.05) is 13.6 Å². The fraction of sp³-hybridized carbons (Fsp3) is 0.400. The van der Waals surface area contributed by atoms with Crippen LogP contribution in [0.4, 0.5) is 0 Å². The molecule has 12 heavy (non-hydrogen) atoms. The Morgan fingerprint density at radius 1 is 1.33 bits per heavy atom. The zero-order valence-electron chi connectivity index (χ0n) is 7.70. The minimum absolute atomic E-state index is 0.0243. The Labute approximate surface area is 74.0 Å². The largest absolute Gasteiger partial charge is 0.312 e. The smallest absolute Gasteiger partial charge is 0.0832 e. The van der Waals surface area contributed by atoms with E-state index in [1.165, 1.54) is 5.56 Å². The van der Waals surface area contributed by atoms with Crippen LogP contribution in [0, 0.1) is 0 Å². The number of rotatable bonds is 3. The predicted octanol–water partition coefficient (Wildman–Crippen LogP) is 1.60. The van der Waals surface area contributed by atoms with Crippen LogP contribution in [0.3, 0.4) is 0 Å². The molecule has 0 saturated carbocycles. The van der Waals surface area contributed by atoms with E-state index in [9.17, 15) is 0 Å². The third kappa shape index (κ3) is 2.06. The molecule has 1 aromatic rings. The lowest BCUT2D eigenvalue weighted by molar-refractivity contribution is 0.264. The van der Waals surface area contributed by atoms with E-state index in [1.807, 2.05) is 25.2 Å². The van der Waals surface area contributed by atoms with Crippen molar-refractivity contribution in [1.82, 2.24) is 4.90 Å². The average molecular weight is 164 g/mol. The molecule has 0 amide bonds. The fourth-order valence-electron chi connectivity index (χ4n) is 1.10. The monoisotopic (exact) mass is 164 g/mol. The van der Waals surface area contributed by atoms with E-state index < -0.39 is 0 Å². The van der Waals surface area contributed by atoms with Crippen molar-refractivity contribution in [2.45, 2.75) is 13.1 Å². The van der Waals surface area contributed by atoms with Crippen LogP contribution in [0.5, 0.6) is 0 Å². The molecule has 0 aliphatic heterocycles. The van der Waals surface area contributed by atoms with E-state index in [0.717, 1.165) is 6.54 Å². The first-order valence-electron chi connectivity index (χ1n) is 4.26. The van der Waals surface area contributed by atoms with Crippen LogP contribution in [0.25, 0.3) is 0 Å². The van der Waals surface area contributed by atoms with Gasteiger partial charge >= 0.3 is 0 Å². The maximum atomic E-state index is 5.97. The molecule has 1 rings (SSSR count). The Hall–Kier alpha value is -0.860. The van der Waals surface area contributed by atoms with E-state index >= 15 is 0 Å². The van der Waals surface area contributed by atoms with Gasteiger partial charge in [0, 0.05) is 0 Å². The van der Waals surface area contributed by atoms with Gasteiger partial charge in [0.1, 0.15) is 0 Å². The van der Waals surface area contributed by atoms with E-state index in [1.54, 1.807) is 0 Å². The van der Waals surface area contributed by atoms with Gasteiger partial charge in [-0.1, -0.05) is 37.3 Å². The van der Waals surface area contributed by atoms with E-state index in [2.05, 4.69) is 24.0 Å². The van der Waals surface area contributed by atoms with Gasteiger partial charge in [-0.15, -0.1) is 0 Å². The summed E-state index contributed by atoms with van der Waals surface area (Å²) in [4.78, 5) is 2.11. The van der Waals surface area contributed by atoms with E-state index in [0.29, 0.717) is 0 Å². The topological polar surface area (TPSA) is 29.3 Å². The molecule has 1 aromatic carbocycles. The number of benzene rings is 1.